The second-order valence-electron chi connectivity index (χ2n) is 6.68. The minimum Gasteiger partial charge on any atom is -0.358 e. The van der Waals surface area contributed by atoms with Gasteiger partial charge in [0.1, 0.15) is 11.3 Å². The van der Waals surface area contributed by atoms with Gasteiger partial charge in [0, 0.05) is 23.3 Å². The van der Waals surface area contributed by atoms with Crippen molar-refractivity contribution >= 4 is 40.3 Å². The van der Waals surface area contributed by atoms with Crippen molar-refractivity contribution in [3.05, 3.63) is 40.1 Å². The van der Waals surface area contributed by atoms with Gasteiger partial charge in [-0.2, -0.15) is 4.98 Å². The highest BCUT2D eigenvalue weighted by atomic mass is 35.5. The molecule has 0 amide bonds. The van der Waals surface area contributed by atoms with Crippen LogP contribution >= 0.6 is 23.4 Å². The Kier molecular flexibility index (Phi) is 5.45. The molecule has 1 saturated carbocycles. The Hall–Kier alpha value is -2.26. The summed E-state index contributed by atoms with van der Waals surface area (Å²) >= 11 is 7.64. The highest BCUT2D eigenvalue weighted by molar-refractivity contribution is 7.99. The first-order chi connectivity index (χ1) is 13.6. The third-order valence-corrected chi connectivity index (χ3v) is 5.74. The van der Waals surface area contributed by atoms with Gasteiger partial charge in [0.05, 0.1) is 12.7 Å². The Labute approximate surface area is 171 Å². The van der Waals surface area contributed by atoms with E-state index in [0.29, 0.717) is 29.5 Å². The number of hydrogen-bond donors (Lipinski definition) is 1. The molecule has 1 unspecified atom stereocenters. The van der Waals surface area contributed by atoms with Crippen molar-refractivity contribution in [2.75, 3.05) is 11.1 Å². The smallest absolute Gasteiger partial charge is 0.295 e. The number of aromatic nitrogens is 6. The van der Waals surface area contributed by atoms with Crippen LogP contribution in [-0.2, 0) is 6.54 Å². The standard InChI is InChI=1S/C18H20ClN7OS/c1-3-28-12-6-20-14(21-7-12)9-22-15-17(27)26(10(2)11-4-5-11)16-13(24-15)8-23-18(19)25-16/h6-8,10-11H,3-5,9H2,1-2H3,(H,22,24). The fourth-order valence-electron chi connectivity index (χ4n) is 3.10. The van der Waals surface area contributed by atoms with Gasteiger partial charge in [-0.3, -0.25) is 9.36 Å². The van der Waals surface area contributed by atoms with Crippen molar-refractivity contribution in [2.45, 2.75) is 44.2 Å². The van der Waals surface area contributed by atoms with Gasteiger partial charge in [-0.15, -0.1) is 11.8 Å². The molecule has 0 saturated heterocycles. The number of nitrogens with zero attached hydrogens (tertiary/aromatic N) is 6. The molecule has 8 nitrogen and oxygen atoms in total. The van der Waals surface area contributed by atoms with E-state index in [2.05, 4.69) is 37.2 Å². The maximum atomic E-state index is 13.1. The number of halogens is 1. The zero-order valence-corrected chi connectivity index (χ0v) is 17.2. The van der Waals surface area contributed by atoms with Crippen molar-refractivity contribution in [3.8, 4) is 0 Å². The van der Waals surface area contributed by atoms with Gasteiger partial charge in [0.15, 0.2) is 11.5 Å². The van der Waals surface area contributed by atoms with Crippen molar-refractivity contribution in [2.24, 2.45) is 5.92 Å². The monoisotopic (exact) mass is 417 g/mol. The van der Waals surface area contributed by atoms with Crippen LogP contribution in [0.1, 0.15) is 38.6 Å². The summed E-state index contributed by atoms with van der Waals surface area (Å²) in [5.74, 6) is 2.27. The van der Waals surface area contributed by atoms with E-state index in [4.69, 9.17) is 11.6 Å². The topological polar surface area (TPSA) is 98.5 Å². The summed E-state index contributed by atoms with van der Waals surface area (Å²) < 4.78 is 1.68. The van der Waals surface area contributed by atoms with E-state index in [-0.39, 0.29) is 22.7 Å². The molecule has 10 heteroatoms. The normalized spacial score (nSPS) is 15.0. The minimum absolute atomic E-state index is 0.0196. The van der Waals surface area contributed by atoms with Gasteiger partial charge in [-0.05, 0) is 43.0 Å². The van der Waals surface area contributed by atoms with E-state index < -0.39 is 0 Å². The molecule has 146 valence electrons. The van der Waals surface area contributed by atoms with Crippen LogP contribution in [0.4, 0.5) is 5.82 Å². The first-order valence-corrected chi connectivity index (χ1v) is 10.6. The zero-order valence-electron chi connectivity index (χ0n) is 15.6. The fraction of sp³-hybridized carbons (Fsp3) is 0.444. The molecular weight excluding hydrogens is 398 g/mol. The Morgan fingerprint density at radius 3 is 2.68 bits per heavy atom. The number of rotatable bonds is 7. The van der Waals surface area contributed by atoms with E-state index in [1.54, 1.807) is 34.9 Å². The predicted octanol–water partition coefficient (Wildman–Crippen LogP) is 3.33. The fourth-order valence-corrected chi connectivity index (χ4v) is 3.82. The van der Waals surface area contributed by atoms with E-state index in [0.717, 1.165) is 23.5 Å². The Bertz CT molecular complexity index is 1050. The SMILES string of the molecule is CCSc1cnc(CNc2nc3cnc(Cl)nc3n(C(C)C3CC3)c2=O)nc1. The van der Waals surface area contributed by atoms with Gasteiger partial charge in [-0.25, -0.2) is 19.9 Å². The van der Waals surface area contributed by atoms with Crippen LogP contribution < -0.4 is 10.9 Å². The molecule has 3 heterocycles. The third-order valence-electron chi connectivity index (χ3n) is 4.72. The zero-order chi connectivity index (χ0) is 19.7. The van der Waals surface area contributed by atoms with E-state index in [1.165, 1.54) is 0 Å². The molecular formula is C18H20ClN7OS. The van der Waals surface area contributed by atoms with Gasteiger partial charge < -0.3 is 5.32 Å². The van der Waals surface area contributed by atoms with Gasteiger partial charge in [-0.1, -0.05) is 6.92 Å². The van der Waals surface area contributed by atoms with Crippen molar-refractivity contribution in [1.29, 1.82) is 0 Å². The Morgan fingerprint density at radius 2 is 2.00 bits per heavy atom. The first kappa shape index (κ1) is 19.1. The number of hydrogen-bond acceptors (Lipinski definition) is 8. The molecule has 3 aromatic rings. The molecule has 4 rings (SSSR count). The summed E-state index contributed by atoms with van der Waals surface area (Å²) in [7, 11) is 0. The summed E-state index contributed by atoms with van der Waals surface area (Å²) in [6.45, 7) is 4.42. The highest BCUT2D eigenvalue weighted by Crippen LogP contribution is 2.39. The van der Waals surface area contributed by atoms with Gasteiger partial charge in [0.25, 0.3) is 5.56 Å². The second-order valence-corrected chi connectivity index (χ2v) is 8.36. The van der Waals surface area contributed by atoms with E-state index in [9.17, 15) is 4.79 Å². The first-order valence-electron chi connectivity index (χ1n) is 9.19. The third kappa shape index (κ3) is 3.95. The van der Waals surface area contributed by atoms with Crippen LogP contribution in [0.25, 0.3) is 11.2 Å². The van der Waals surface area contributed by atoms with Crippen molar-refractivity contribution in [3.63, 3.8) is 0 Å². The maximum absolute atomic E-state index is 13.1. The lowest BCUT2D eigenvalue weighted by molar-refractivity contribution is 0.482. The Morgan fingerprint density at radius 1 is 1.25 bits per heavy atom. The van der Waals surface area contributed by atoms with Gasteiger partial charge in [0.2, 0.25) is 5.28 Å². The van der Waals surface area contributed by atoms with Crippen LogP contribution in [0.2, 0.25) is 5.28 Å². The average Bonchev–Trinajstić information content (AvgIpc) is 3.53. The van der Waals surface area contributed by atoms with Crippen LogP contribution in [0.3, 0.4) is 0 Å². The minimum atomic E-state index is -0.222. The predicted molar refractivity (Wildman–Crippen MR) is 110 cm³/mol. The summed E-state index contributed by atoms with van der Waals surface area (Å²) in [6.07, 6.45) is 7.33. The number of anilines is 1. The lowest BCUT2D eigenvalue weighted by atomic mass is 10.2. The molecule has 1 fully saturated rings. The Balaban J connectivity index is 1.66. The molecule has 0 radical (unpaired) electrons. The van der Waals surface area contributed by atoms with Crippen LogP contribution in [0.15, 0.2) is 28.3 Å². The van der Waals surface area contributed by atoms with Crippen molar-refractivity contribution in [1.82, 2.24) is 29.5 Å². The van der Waals surface area contributed by atoms with E-state index in [1.807, 2.05) is 6.92 Å². The summed E-state index contributed by atoms with van der Waals surface area (Å²) in [5, 5.41) is 3.18. The molecule has 1 N–H and O–H groups in total. The summed E-state index contributed by atoms with van der Waals surface area (Å²) in [4.78, 5) is 35.5. The van der Waals surface area contributed by atoms with Crippen LogP contribution in [0, 0.1) is 5.92 Å². The van der Waals surface area contributed by atoms with Crippen molar-refractivity contribution < 1.29 is 0 Å². The highest BCUT2D eigenvalue weighted by Gasteiger charge is 2.31. The van der Waals surface area contributed by atoms with E-state index >= 15 is 0 Å². The molecule has 0 spiro atoms. The second kappa shape index (κ2) is 8.00. The molecule has 0 aliphatic heterocycles. The van der Waals surface area contributed by atoms with Crippen LogP contribution in [-0.4, -0.2) is 35.2 Å². The molecule has 3 aromatic heterocycles. The summed E-state index contributed by atoms with van der Waals surface area (Å²) in [5.41, 5.74) is 0.765. The quantitative estimate of drug-likeness (QED) is 0.461. The van der Waals surface area contributed by atoms with Crippen LogP contribution in [0.5, 0.6) is 0 Å². The molecule has 1 aliphatic rings. The molecule has 28 heavy (non-hydrogen) atoms. The summed E-state index contributed by atoms with van der Waals surface area (Å²) in [6, 6.07) is 0.0196. The number of nitrogens with one attached hydrogen (secondary N) is 1. The lowest BCUT2D eigenvalue weighted by Gasteiger charge is -2.18. The average molecular weight is 418 g/mol. The molecule has 0 bridgehead atoms. The maximum Gasteiger partial charge on any atom is 0.295 e. The molecule has 0 aromatic carbocycles. The van der Waals surface area contributed by atoms with Gasteiger partial charge >= 0.3 is 0 Å². The number of thioether (sulfide) groups is 1. The largest absolute Gasteiger partial charge is 0.358 e. The molecule has 1 aliphatic carbocycles. The lowest BCUT2D eigenvalue weighted by Crippen LogP contribution is -2.29. The number of fused-ring (bicyclic) bond motifs is 1. The molecule has 1 atom stereocenters.